The number of carbonyl (C=O) groups is 2. The number of carbonyl (C=O) groups excluding carboxylic acids is 2. The highest BCUT2D eigenvalue weighted by molar-refractivity contribution is 5.91. The quantitative estimate of drug-likeness (QED) is 0.805. The maximum Gasteiger partial charge on any atom is 0.410 e. The van der Waals surface area contributed by atoms with Crippen molar-refractivity contribution in [2.75, 3.05) is 13.1 Å². The third kappa shape index (κ3) is 4.44. The van der Waals surface area contributed by atoms with E-state index in [1.165, 1.54) is 13.0 Å². The molecule has 0 radical (unpaired) electrons. The fourth-order valence-corrected chi connectivity index (χ4v) is 2.30. The summed E-state index contributed by atoms with van der Waals surface area (Å²) in [7, 11) is 0. The number of rotatable bonds is 3. The van der Waals surface area contributed by atoms with Gasteiger partial charge in [-0.15, -0.1) is 0 Å². The standard InChI is InChI=1S/C16H23N3O3/c1-12(20)5-6-13-9-17-19(10-13)14-7-8-18(11-14)15(21)22-16(2,3)4/h5-6,9-10,14H,7-8,11H2,1-4H3/b6-5+. The number of allylic oxidation sites excluding steroid dienone is 1. The van der Waals surface area contributed by atoms with Crippen molar-refractivity contribution in [3.8, 4) is 0 Å². The number of hydrogen-bond donors (Lipinski definition) is 0. The lowest BCUT2D eigenvalue weighted by molar-refractivity contribution is -0.112. The Balaban J connectivity index is 1.96. The highest BCUT2D eigenvalue weighted by Gasteiger charge is 2.30. The van der Waals surface area contributed by atoms with Gasteiger partial charge in [-0.25, -0.2) is 4.79 Å². The Morgan fingerprint density at radius 1 is 1.41 bits per heavy atom. The summed E-state index contributed by atoms with van der Waals surface area (Å²) in [5.74, 6) is 0.00437. The van der Waals surface area contributed by atoms with Gasteiger partial charge in [0.15, 0.2) is 5.78 Å². The molecular formula is C16H23N3O3. The van der Waals surface area contributed by atoms with Gasteiger partial charge < -0.3 is 9.64 Å². The molecule has 0 saturated carbocycles. The zero-order valence-corrected chi connectivity index (χ0v) is 13.6. The van der Waals surface area contributed by atoms with Crippen molar-refractivity contribution < 1.29 is 14.3 Å². The average Bonchev–Trinajstić information content (AvgIpc) is 3.03. The molecule has 1 aliphatic rings. The van der Waals surface area contributed by atoms with Crippen LogP contribution in [0.3, 0.4) is 0 Å². The summed E-state index contributed by atoms with van der Waals surface area (Å²) in [4.78, 5) is 24.7. The van der Waals surface area contributed by atoms with Crippen LogP contribution in [0.1, 0.15) is 45.7 Å². The maximum atomic E-state index is 12.0. The number of amides is 1. The first-order valence-corrected chi connectivity index (χ1v) is 7.45. The summed E-state index contributed by atoms with van der Waals surface area (Å²) in [6.07, 6.45) is 7.43. The predicted octanol–water partition coefficient (Wildman–Crippen LogP) is 2.67. The monoisotopic (exact) mass is 305 g/mol. The molecular weight excluding hydrogens is 282 g/mol. The van der Waals surface area contributed by atoms with E-state index in [1.807, 2.05) is 31.6 Å². The summed E-state index contributed by atoms with van der Waals surface area (Å²) in [6, 6.07) is 0.145. The molecule has 0 bridgehead atoms. The topological polar surface area (TPSA) is 64.4 Å². The molecule has 1 aromatic heterocycles. The fourth-order valence-electron chi connectivity index (χ4n) is 2.30. The lowest BCUT2D eigenvalue weighted by Crippen LogP contribution is -2.35. The lowest BCUT2D eigenvalue weighted by Gasteiger charge is -2.24. The molecule has 2 rings (SSSR count). The Kier molecular flexibility index (Phi) is 4.68. The minimum atomic E-state index is -0.481. The van der Waals surface area contributed by atoms with Crippen LogP contribution in [-0.2, 0) is 9.53 Å². The second-order valence-electron chi connectivity index (χ2n) is 6.57. The van der Waals surface area contributed by atoms with Crippen molar-refractivity contribution in [1.29, 1.82) is 0 Å². The molecule has 1 saturated heterocycles. The van der Waals surface area contributed by atoms with Crippen LogP contribution < -0.4 is 0 Å². The average molecular weight is 305 g/mol. The van der Waals surface area contributed by atoms with Crippen LogP contribution in [0.25, 0.3) is 6.08 Å². The van der Waals surface area contributed by atoms with Gasteiger partial charge in [0.1, 0.15) is 5.60 Å². The molecule has 1 aliphatic heterocycles. The van der Waals surface area contributed by atoms with Gasteiger partial charge >= 0.3 is 6.09 Å². The number of aromatic nitrogens is 2. The predicted molar refractivity (Wildman–Crippen MR) is 83.4 cm³/mol. The van der Waals surface area contributed by atoms with Crippen molar-refractivity contribution in [2.45, 2.75) is 45.8 Å². The Labute approximate surface area is 130 Å². The van der Waals surface area contributed by atoms with Crippen LogP contribution in [0, 0.1) is 0 Å². The van der Waals surface area contributed by atoms with Crippen molar-refractivity contribution in [3.63, 3.8) is 0 Å². The molecule has 0 N–H and O–H groups in total. The lowest BCUT2D eigenvalue weighted by atomic mass is 10.2. The molecule has 22 heavy (non-hydrogen) atoms. The van der Waals surface area contributed by atoms with E-state index in [2.05, 4.69) is 5.10 Å². The summed E-state index contributed by atoms with van der Waals surface area (Å²) < 4.78 is 7.24. The minimum absolute atomic E-state index is 0.00437. The third-order valence-electron chi connectivity index (χ3n) is 3.32. The van der Waals surface area contributed by atoms with Crippen molar-refractivity contribution in [3.05, 3.63) is 24.0 Å². The molecule has 1 fully saturated rings. The van der Waals surface area contributed by atoms with E-state index >= 15 is 0 Å². The van der Waals surface area contributed by atoms with E-state index in [0.717, 1.165) is 12.0 Å². The van der Waals surface area contributed by atoms with Crippen LogP contribution >= 0.6 is 0 Å². The van der Waals surface area contributed by atoms with Crippen LogP contribution in [0.5, 0.6) is 0 Å². The number of ketones is 1. The number of likely N-dealkylation sites (tertiary alicyclic amines) is 1. The van der Waals surface area contributed by atoms with Gasteiger partial charge in [-0.2, -0.15) is 5.10 Å². The second-order valence-corrected chi connectivity index (χ2v) is 6.57. The molecule has 0 spiro atoms. The Morgan fingerprint density at radius 2 is 2.14 bits per heavy atom. The van der Waals surface area contributed by atoms with Crippen LogP contribution in [0.15, 0.2) is 18.5 Å². The van der Waals surface area contributed by atoms with Crippen LogP contribution in [-0.4, -0.2) is 45.2 Å². The molecule has 2 heterocycles. The molecule has 0 aliphatic carbocycles. The highest BCUT2D eigenvalue weighted by Crippen LogP contribution is 2.23. The molecule has 1 unspecified atom stereocenters. The number of hydrogen-bond acceptors (Lipinski definition) is 4. The van der Waals surface area contributed by atoms with Gasteiger partial charge in [-0.05, 0) is 46.3 Å². The summed E-state index contributed by atoms with van der Waals surface area (Å²) in [5, 5.41) is 4.32. The van der Waals surface area contributed by atoms with Gasteiger partial charge in [-0.1, -0.05) is 0 Å². The summed E-state index contributed by atoms with van der Waals surface area (Å²) in [5.41, 5.74) is 0.400. The maximum absolute atomic E-state index is 12.0. The Hall–Kier alpha value is -2.11. The molecule has 1 amide bonds. The van der Waals surface area contributed by atoms with Crippen molar-refractivity contribution >= 4 is 18.0 Å². The van der Waals surface area contributed by atoms with Crippen molar-refractivity contribution in [2.24, 2.45) is 0 Å². The van der Waals surface area contributed by atoms with Gasteiger partial charge in [0.05, 0.1) is 12.2 Å². The van der Waals surface area contributed by atoms with E-state index in [1.54, 1.807) is 17.2 Å². The van der Waals surface area contributed by atoms with Gasteiger partial charge in [-0.3, -0.25) is 9.48 Å². The number of ether oxygens (including phenoxy) is 1. The normalized spacial score (nSPS) is 18.9. The Morgan fingerprint density at radius 3 is 2.77 bits per heavy atom. The van der Waals surface area contributed by atoms with E-state index in [9.17, 15) is 9.59 Å². The summed E-state index contributed by atoms with van der Waals surface area (Å²) in [6.45, 7) is 8.35. The van der Waals surface area contributed by atoms with Gasteiger partial charge in [0, 0.05) is 24.8 Å². The van der Waals surface area contributed by atoms with Crippen molar-refractivity contribution in [1.82, 2.24) is 14.7 Å². The Bertz CT molecular complexity index is 584. The SMILES string of the molecule is CC(=O)/C=C/c1cnn(C2CCN(C(=O)OC(C)(C)C)C2)c1. The largest absolute Gasteiger partial charge is 0.444 e. The smallest absolute Gasteiger partial charge is 0.410 e. The molecule has 1 aromatic rings. The van der Waals surface area contributed by atoms with E-state index in [4.69, 9.17) is 4.74 Å². The third-order valence-corrected chi connectivity index (χ3v) is 3.32. The van der Waals surface area contributed by atoms with Gasteiger partial charge in [0.2, 0.25) is 0 Å². The van der Waals surface area contributed by atoms with Gasteiger partial charge in [0.25, 0.3) is 0 Å². The highest BCUT2D eigenvalue weighted by atomic mass is 16.6. The van der Waals surface area contributed by atoms with E-state index in [0.29, 0.717) is 13.1 Å². The molecule has 6 heteroatoms. The molecule has 1 atom stereocenters. The molecule has 120 valence electrons. The minimum Gasteiger partial charge on any atom is -0.444 e. The first kappa shape index (κ1) is 16.3. The van der Waals surface area contributed by atoms with E-state index in [-0.39, 0.29) is 17.9 Å². The summed E-state index contributed by atoms with van der Waals surface area (Å²) >= 11 is 0. The second kappa shape index (κ2) is 6.34. The molecule has 0 aromatic carbocycles. The zero-order chi connectivity index (χ0) is 16.3. The number of nitrogens with zero attached hydrogens (tertiary/aromatic N) is 3. The van der Waals surface area contributed by atoms with E-state index < -0.39 is 5.60 Å². The van der Waals surface area contributed by atoms with Crippen LogP contribution in [0.2, 0.25) is 0 Å². The first-order chi connectivity index (χ1) is 10.2. The first-order valence-electron chi connectivity index (χ1n) is 7.45. The fraction of sp³-hybridized carbons (Fsp3) is 0.562. The molecule has 6 nitrogen and oxygen atoms in total. The zero-order valence-electron chi connectivity index (χ0n) is 13.6. The van der Waals surface area contributed by atoms with Crippen LogP contribution in [0.4, 0.5) is 4.79 Å².